The van der Waals surface area contributed by atoms with Crippen molar-refractivity contribution >= 4 is 47.2 Å². The highest BCUT2D eigenvalue weighted by Crippen LogP contribution is 2.46. The zero-order chi connectivity index (χ0) is 19.0. The fourth-order valence-corrected chi connectivity index (χ4v) is 4.23. The lowest BCUT2D eigenvalue weighted by molar-refractivity contribution is 0.0957. The second kappa shape index (κ2) is 11.8. The highest BCUT2D eigenvalue weighted by Gasteiger charge is 2.37. The normalized spacial score (nSPS) is 15.7. The van der Waals surface area contributed by atoms with Crippen LogP contribution in [-0.2, 0) is 0 Å². The molecular formula is C19H34IN5OS. The highest BCUT2D eigenvalue weighted by atomic mass is 127. The molecule has 0 bridgehead atoms. The molecule has 0 aromatic carbocycles. The number of carbonyl (C=O) groups excluding carboxylic acids is 1. The molecule has 0 spiro atoms. The van der Waals surface area contributed by atoms with Gasteiger partial charge >= 0.3 is 0 Å². The van der Waals surface area contributed by atoms with Crippen LogP contribution in [0.4, 0.5) is 0 Å². The first-order chi connectivity index (χ1) is 12.5. The number of amides is 1. The molecule has 0 aliphatic heterocycles. The zero-order valence-corrected chi connectivity index (χ0v) is 20.1. The Balaban J connectivity index is 0.00000364. The summed E-state index contributed by atoms with van der Waals surface area (Å²) in [7, 11) is 0. The van der Waals surface area contributed by atoms with Gasteiger partial charge in [-0.1, -0.05) is 20.3 Å². The third-order valence-electron chi connectivity index (χ3n) is 4.83. The molecule has 2 rings (SSSR count). The van der Waals surface area contributed by atoms with Crippen molar-refractivity contribution in [2.24, 2.45) is 16.3 Å². The van der Waals surface area contributed by atoms with E-state index in [4.69, 9.17) is 4.99 Å². The van der Waals surface area contributed by atoms with Gasteiger partial charge in [-0.2, -0.15) is 0 Å². The average Bonchev–Trinajstić information content (AvgIpc) is 2.99. The largest absolute Gasteiger partial charge is 0.357 e. The Morgan fingerprint density at radius 3 is 2.52 bits per heavy atom. The summed E-state index contributed by atoms with van der Waals surface area (Å²) in [4.78, 5) is 21.7. The topological polar surface area (TPSA) is 78.4 Å². The van der Waals surface area contributed by atoms with Crippen LogP contribution in [-0.4, -0.2) is 43.0 Å². The van der Waals surface area contributed by atoms with Crippen molar-refractivity contribution in [2.45, 2.75) is 53.4 Å². The Morgan fingerprint density at radius 2 is 2.00 bits per heavy atom. The van der Waals surface area contributed by atoms with E-state index in [1.807, 2.05) is 6.92 Å². The molecule has 0 saturated heterocycles. The molecule has 1 aliphatic rings. The van der Waals surface area contributed by atoms with Crippen molar-refractivity contribution in [3.8, 4) is 0 Å². The van der Waals surface area contributed by atoms with Crippen LogP contribution in [0.5, 0.6) is 0 Å². The number of aromatic nitrogens is 1. The predicted octanol–water partition coefficient (Wildman–Crippen LogP) is 3.57. The SMILES string of the molecule is CCNC(=NCC1(CC(C)C)CCC1)NCCNC(=O)c1scnc1C.I. The molecule has 1 aromatic rings. The van der Waals surface area contributed by atoms with Gasteiger partial charge in [-0.25, -0.2) is 4.98 Å². The van der Waals surface area contributed by atoms with Crippen LogP contribution in [0.1, 0.15) is 61.8 Å². The van der Waals surface area contributed by atoms with Gasteiger partial charge in [-0.3, -0.25) is 9.79 Å². The molecule has 3 N–H and O–H groups in total. The Morgan fingerprint density at radius 1 is 1.30 bits per heavy atom. The summed E-state index contributed by atoms with van der Waals surface area (Å²) in [6, 6.07) is 0. The minimum absolute atomic E-state index is 0. The fourth-order valence-electron chi connectivity index (χ4n) is 3.52. The number of thiazole rings is 1. The first kappa shape index (κ1) is 24.1. The van der Waals surface area contributed by atoms with E-state index in [0.29, 0.717) is 29.3 Å². The smallest absolute Gasteiger partial charge is 0.263 e. The number of hydrogen-bond acceptors (Lipinski definition) is 4. The standard InChI is InChI=1S/C19H33N5OS.HI/c1-5-20-18(23-12-19(7-6-8-19)11-14(2)3)22-10-9-21-17(25)16-15(4)24-13-26-16;/h13-14H,5-12H2,1-4H3,(H,21,25)(H2,20,22,23);1H. The van der Waals surface area contributed by atoms with Crippen LogP contribution in [0.2, 0.25) is 0 Å². The first-order valence-corrected chi connectivity index (χ1v) is 10.5. The minimum atomic E-state index is -0.0564. The van der Waals surface area contributed by atoms with E-state index in [9.17, 15) is 4.79 Å². The number of halogens is 1. The minimum Gasteiger partial charge on any atom is -0.357 e. The zero-order valence-electron chi connectivity index (χ0n) is 16.9. The van der Waals surface area contributed by atoms with Gasteiger partial charge in [0.25, 0.3) is 5.91 Å². The van der Waals surface area contributed by atoms with Crippen molar-refractivity contribution in [1.82, 2.24) is 20.9 Å². The Labute approximate surface area is 184 Å². The summed E-state index contributed by atoms with van der Waals surface area (Å²) in [6.45, 7) is 11.4. The van der Waals surface area contributed by atoms with Gasteiger partial charge in [-0.05, 0) is 44.4 Å². The van der Waals surface area contributed by atoms with Crippen LogP contribution in [0.25, 0.3) is 0 Å². The molecule has 1 fully saturated rings. The van der Waals surface area contributed by atoms with E-state index in [-0.39, 0.29) is 29.9 Å². The average molecular weight is 507 g/mol. The van der Waals surface area contributed by atoms with Crippen LogP contribution in [0.15, 0.2) is 10.5 Å². The predicted molar refractivity (Wildman–Crippen MR) is 124 cm³/mol. The lowest BCUT2D eigenvalue weighted by atomic mass is 9.64. The number of hydrogen-bond donors (Lipinski definition) is 3. The molecule has 0 radical (unpaired) electrons. The van der Waals surface area contributed by atoms with Crippen molar-refractivity contribution in [2.75, 3.05) is 26.2 Å². The summed E-state index contributed by atoms with van der Waals surface area (Å²) in [6.07, 6.45) is 5.16. The Hall–Kier alpha value is -0.900. The second-order valence-electron chi connectivity index (χ2n) is 7.60. The molecule has 1 aliphatic carbocycles. The third-order valence-corrected chi connectivity index (χ3v) is 5.75. The van der Waals surface area contributed by atoms with Crippen molar-refractivity contribution in [3.05, 3.63) is 16.1 Å². The van der Waals surface area contributed by atoms with Crippen LogP contribution < -0.4 is 16.0 Å². The summed E-state index contributed by atoms with van der Waals surface area (Å²) in [5.41, 5.74) is 2.88. The molecule has 1 saturated carbocycles. The number of nitrogens with one attached hydrogen (secondary N) is 3. The molecule has 154 valence electrons. The van der Waals surface area contributed by atoms with Crippen molar-refractivity contribution in [3.63, 3.8) is 0 Å². The van der Waals surface area contributed by atoms with E-state index in [1.54, 1.807) is 5.51 Å². The number of carbonyl (C=O) groups is 1. The number of aliphatic imine (C=N–C) groups is 1. The number of aryl methyl sites for hydroxylation is 1. The van der Waals surface area contributed by atoms with E-state index in [1.165, 1.54) is 37.0 Å². The molecular weight excluding hydrogens is 473 g/mol. The number of nitrogens with zero attached hydrogens (tertiary/aromatic N) is 2. The fraction of sp³-hybridized carbons (Fsp3) is 0.737. The second-order valence-corrected chi connectivity index (χ2v) is 8.45. The maximum absolute atomic E-state index is 12.1. The molecule has 1 heterocycles. The first-order valence-electron chi connectivity index (χ1n) is 9.66. The quantitative estimate of drug-likeness (QED) is 0.207. The highest BCUT2D eigenvalue weighted by molar-refractivity contribution is 14.0. The van der Waals surface area contributed by atoms with E-state index in [2.05, 4.69) is 41.7 Å². The van der Waals surface area contributed by atoms with Crippen molar-refractivity contribution in [1.29, 1.82) is 0 Å². The molecule has 1 amide bonds. The molecule has 0 atom stereocenters. The maximum atomic E-state index is 12.1. The molecule has 0 unspecified atom stereocenters. The molecule has 1 aromatic heterocycles. The van der Waals surface area contributed by atoms with E-state index in [0.717, 1.165) is 24.7 Å². The monoisotopic (exact) mass is 507 g/mol. The third kappa shape index (κ3) is 7.56. The van der Waals surface area contributed by atoms with Gasteiger partial charge in [0, 0.05) is 26.2 Å². The maximum Gasteiger partial charge on any atom is 0.263 e. The van der Waals surface area contributed by atoms with Crippen LogP contribution in [0.3, 0.4) is 0 Å². The van der Waals surface area contributed by atoms with Gasteiger partial charge < -0.3 is 16.0 Å². The summed E-state index contributed by atoms with van der Waals surface area (Å²) >= 11 is 1.37. The Bertz CT molecular complexity index is 613. The molecule has 27 heavy (non-hydrogen) atoms. The van der Waals surface area contributed by atoms with Gasteiger partial charge in [-0.15, -0.1) is 35.3 Å². The Kier molecular flexibility index (Phi) is 10.6. The number of guanidine groups is 1. The molecule has 8 heteroatoms. The van der Waals surface area contributed by atoms with Crippen molar-refractivity contribution < 1.29 is 4.79 Å². The summed E-state index contributed by atoms with van der Waals surface area (Å²) in [5.74, 6) is 1.50. The van der Waals surface area contributed by atoms with Crippen LogP contribution >= 0.6 is 35.3 Å². The lowest BCUT2D eigenvalue weighted by Gasteiger charge is -2.42. The van der Waals surface area contributed by atoms with Gasteiger partial charge in [0.1, 0.15) is 4.88 Å². The van der Waals surface area contributed by atoms with E-state index >= 15 is 0 Å². The summed E-state index contributed by atoms with van der Waals surface area (Å²) < 4.78 is 0. The van der Waals surface area contributed by atoms with Gasteiger partial charge in [0.05, 0.1) is 11.2 Å². The van der Waals surface area contributed by atoms with Gasteiger partial charge in [0.2, 0.25) is 0 Å². The number of rotatable bonds is 9. The van der Waals surface area contributed by atoms with E-state index < -0.39 is 0 Å². The van der Waals surface area contributed by atoms with Gasteiger partial charge in [0.15, 0.2) is 5.96 Å². The lowest BCUT2D eigenvalue weighted by Crippen LogP contribution is -2.43. The van der Waals surface area contributed by atoms with Crippen LogP contribution in [0, 0.1) is 18.3 Å². The molecule has 6 nitrogen and oxygen atoms in total. The summed E-state index contributed by atoms with van der Waals surface area (Å²) in [5, 5.41) is 9.55.